The standard InChI is InChI=1S/C22H21ClN2O3S/c1-22(2,3)16-4-7-18(8-5-16)29(27,28)25-20-14-17(23)6-9-19(20)21(26)15-10-12-24-13-11-15/h4-14,25H,1-3H3. The molecule has 0 radical (unpaired) electrons. The van der Waals surface area contributed by atoms with Crippen LogP contribution in [0.15, 0.2) is 71.9 Å². The molecule has 0 aliphatic carbocycles. The summed E-state index contributed by atoms with van der Waals surface area (Å²) in [7, 11) is -3.90. The SMILES string of the molecule is CC(C)(C)c1ccc(S(=O)(=O)Nc2cc(Cl)ccc2C(=O)c2ccncc2)cc1. The van der Waals surface area contributed by atoms with Crippen molar-refractivity contribution in [3.05, 3.63) is 88.7 Å². The van der Waals surface area contributed by atoms with Crippen LogP contribution in [0.25, 0.3) is 0 Å². The summed E-state index contributed by atoms with van der Waals surface area (Å²) in [6.45, 7) is 6.16. The molecule has 2 aromatic carbocycles. The van der Waals surface area contributed by atoms with Gasteiger partial charge in [0.2, 0.25) is 0 Å². The minimum absolute atomic E-state index is 0.0905. The molecule has 0 fully saturated rings. The largest absolute Gasteiger partial charge is 0.289 e. The molecule has 29 heavy (non-hydrogen) atoms. The first kappa shape index (κ1) is 21.0. The molecule has 0 atom stereocenters. The summed E-state index contributed by atoms with van der Waals surface area (Å²) in [4.78, 5) is 16.9. The van der Waals surface area contributed by atoms with Crippen LogP contribution in [0, 0.1) is 0 Å². The van der Waals surface area contributed by atoms with Gasteiger partial charge < -0.3 is 0 Å². The first-order valence-corrected chi connectivity index (χ1v) is 10.8. The smallest absolute Gasteiger partial charge is 0.261 e. The van der Waals surface area contributed by atoms with Crippen molar-refractivity contribution in [2.45, 2.75) is 31.1 Å². The van der Waals surface area contributed by atoms with Gasteiger partial charge in [0.1, 0.15) is 0 Å². The number of sulfonamides is 1. The maximum atomic E-state index is 12.9. The third-order valence-corrected chi connectivity index (χ3v) is 6.06. The number of rotatable bonds is 5. The Hall–Kier alpha value is -2.70. The molecule has 0 amide bonds. The van der Waals surface area contributed by atoms with Crippen LogP contribution in [0.1, 0.15) is 42.3 Å². The van der Waals surface area contributed by atoms with Crippen molar-refractivity contribution in [3.63, 3.8) is 0 Å². The lowest BCUT2D eigenvalue weighted by molar-refractivity contribution is 0.103. The van der Waals surface area contributed by atoms with Gasteiger partial charge in [-0.05, 0) is 53.4 Å². The molecular weight excluding hydrogens is 408 g/mol. The third-order valence-electron chi connectivity index (χ3n) is 4.44. The minimum atomic E-state index is -3.90. The average molecular weight is 429 g/mol. The normalized spacial score (nSPS) is 11.9. The summed E-state index contributed by atoms with van der Waals surface area (Å²) < 4.78 is 28.3. The quantitative estimate of drug-likeness (QED) is 0.576. The molecule has 0 aliphatic heterocycles. The first-order chi connectivity index (χ1) is 13.6. The average Bonchev–Trinajstić information content (AvgIpc) is 2.67. The van der Waals surface area contributed by atoms with E-state index in [1.165, 1.54) is 24.5 Å². The number of ketones is 1. The maximum absolute atomic E-state index is 12.9. The van der Waals surface area contributed by atoms with Gasteiger partial charge in [0, 0.05) is 28.5 Å². The fourth-order valence-corrected chi connectivity index (χ4v) is 4.04. The van der Waals surface area contributed by atoms with Gasteiger partial charge in [0.15, 0.2) is 5.78 Å². The van der Waals surface area contributed by atoms with Crippen LogP contribution in [0.5, 0.6) is 0 Å². The summed E-state index contributed by atoms with van der Waals surface area (Å²) in [6, 6.07) is 14.3. The predicted octanol–water partition coefficient (Wildman–Crippen LogP) is 5.06. The molecule has 0 bridgehead atoms. The van der Waals surface area contributed by atoms with E-state index in [1.54, 1.807) is 42.5 Å². The van der Waals surface area contributed by atoms with Crippen molar-refractivity contribution in [1.82, 2.24) is 4.98 Å². The second-order valence-electron chi connectivity index (χ2n) is 7.63. The topological polar surface area (TPSA) is 76.1 Å². The van der Waals surface area contributed by atoms with Gasteiger partial charge in [-0.1, -0.05) is 44.5 Å². The van der Waals surface area contributed by atoms with Gasteiger partial charge in [-0.15, -0.1) is 0 Å². The zero-order valence-electron chi connectivity index (χ0n) is 16.3. The Bertz CT molecular complexity index is 1140. The Morgan fingerprint density at radius 3 is 2.17 bits per heavy atom. The fourth-order valence-electron chi connectivity index (χ4n) is 2.80. The first-order valence-electron chi connectivity index (χ1n) is 8.95. The van der Waals surface area contributed by atoms with Gasteiger partial charge in [0.05, 0.1) is 10.6 Å². The highest BCUT2D eigenvalue weighted by molar-refractivity contribution is 7.92. The molecule has 150 valence electrons. The minimum Gasteiger partial charge on any atom is -0.289 e. The molecule has 1 N–H and O–H groups in total. The zero-order valence-corrected chi connectivity index (χ0v) is 17.9. The van der Waals surface area contributed by atoms with E-state index < -0.39 is 10.0 Å². The number of hydrogen-bond acceptors (Lipinski definition) is 4. The highest BCUT2D eigenvalue weighted by atomic mass is 35.5. The Balaban J connectivity index is 1.97. The molecular formula is C22H21ClN2O3S. The van der Waals surface area contributed by atoms with Crippen LogP contribution in [0.3, 0.4) is 0 Å². The summed E-state index contributed by atoms with van der Waals surface area (Å²) in [5, 5.41) is 0.317. The molecule has 3 rings (SSSR count). The van der Waals surface area contributed by atoms with Gasteiger partial charge >= 0.3 is 0 Å². The molecule has 5 nitrogen and oxygen atoms in total. The van der Waals surface area contributed by atoms with Crippen LogP contribution >= 0.6 is 11.6 Å². The number of benzene rings is 2. The lowest BCUT2D eigenvalue weighted by atomic mass is 9.87. The maximum Gasteiger partial charge on any atom is 0.261 e. The monoisotopic (exact) mass is 428 g/mol. The van der Waals surface area contributed by atoms with E-state index in [9.17, 15) is 13.2 Å². The molecule has 1 heterocycles. The number of nitrogens with one attached hydrogen (secondary N) is 1. The number of nitrogens with zero attached hydrogens (tertiary/aromatic N) is 1. The van der Waals surface area contributed by atoms with Crippen molar-refractivity contribution >= 4 is 33.1 Å². The summed E-state index contributed by atoms with van der Waals surface area (Å²) >= 11 is 6.06. The number of anilines is 1. The molecule has 0 aliphatic rings. The van der Waals surface area contributed by atoms with Crippen LogP contribution in [-0.4, -0.2) is 19.2 Å². The summed E-state index contributed by atoms with van der Waals surface area (Å²) in [5.41, 5.74) is 1.66. The van der Waals surface area contributed by atoms with Gasteiger partial charge in [0.25, 0.3) is 10.0 Å². The van der Waals surface area contributed by atoms with E-state index >= 15 is 0 Å². The lowest BCUT2D eigenvalue weighted by Gasteiger charge is -2.19. The number of hydrogen-bond donors (Lipinski definition) is 1. The van der Waals surface area contributed by atoms with Gasteiger partial charge in [-0.3, -0.25) is 14.5 Å². The van der Waals surface area contributed by atoms with Crippen LogP contribution in [0.2, 0.25) is 5.02 Å². The van der Waals surface area contributed by atoms with Crippen LogP contribution in [0.4, 0.5) is 5.69 Å². The fraction of sp³-hybridized carbons (Fsp3) is 0.182. The Kier molecular flexibility index (Phi) is 5.78. The third kappa shape index (κ3) is 4.83. The number of carbonyl (C=O) groups is 1. The van der Waals surface area contributed by atoms with Crippen LogP contribution < -0.4 is 4.72 Å². The van der Waals surface area contributed by atoms with Crippen molar-refractivity contribution in [2.75, 3.05) is 4.72 Å². The Morgan fingerprint density at radius 1 is 0.966 bits per heavy atom. The van der Waals surface area contributed by atoms with E-state index in [1.807, 2.05) is 0 Å². The number of aromatic nitrogens is 1. The second kappa shape index (κ2) is 7.97. The molecule has 0 spiro atoms. The second-order valence-corrected chi connectivity index (χ2v) is 9.75. The molecule has 7 heteroatoms. The van der Waals surface area contributed by atoms with E-state index in [-0.39, 0.29) is 27.3 Å². The lowest BCUT2D eigenvalue weighted by Crippen LogP contribution is -2.17. The van der Waals surface area contributed by atoms with E-state index in [4.69, 9.17) is 11.6 Å². The summed E-state index contributed by atoms with van der Waals surface area (Å²) in [5.74, 6) is -0.329. The molecule has 0 unspecified atom stereocenters. The molecule has 1 aromatic heterocycles. The van der Waals surface area contributed by atoms with Crippen molar-refractivity contribution in [2.24, 2.45) is 0 Å². The molecule has 0 saturated heterocycles. The van der Waals surface area contributed by atoms with Crippen LogP contribution in [-0.2, 0) is 15.4 Å². The van der Waals surface area contributed by atoms with Crippen molar-refractivity contribution in [1.29, 1.82) is 0 Å². The molecule has 0 saturated carbocycles. The zero-order chi connectivity index (χ0) is 21.2. The van der Waals surface area contributed by atoms with Gasteiger partial charge in [-0.25, -0.2) is 8.42 Å². The number of carbonyl (C=O) groups excluding carboxylic acids is 1. The Labute approximate surface area is 175 Å². The molecule has 3 aromatic rings. The Morgan fingerprint density at radius 2 is 1.59 bits per heavy atom. The summed E-state index contributed by atoms with van der Waals surface area (Å²) in [6.07, 6.45) is 3.01. The van der Waals surface area contributed by atoms with E-state index in [2.05, 4.69) is 30.5 Å². The predicted molar refractivity (Wildman–Crippen MR) is 115 cm³/mol. The van der Waals surface area contributed by atoms with E-state index in [0.29, 0.717) is 10.6 Å². The van der Waals surface area contributed by atoms with E-state index in [0.717, 1.165) is 5.56 Å². The van der Waals surface area contributed by atoms with Crippen molar-refractivity contribution < 1.29 is 13.2 Å². The highest BCUT2D eigenvalue weighted by Crippen LogP contribution is 2.28. The van der Waals surface area contributed by atoms with Crippen molar-refractivity contribution in [3.8, 4) is 0 Å². The highest BCUT2D eigenvalue weighted by Gasteiger charge is 2.21. The number of halogens is 1. The van der Waals surface area contributed by atoms with Gasteiger partial charge in [-0.2, -0.15) is 0 Å². The number of pyridine rings is 1.